The SMILES string of the molecule is CCc1cc(Cl)cc(C(O)C(F)(F)F)c1. The highest BCUT2D eigenvalue weighted by molar-refractivity contribution is 6.30. The number of aliphatic hydroxyl groups is 1. The van der Waals surface area contributed by atoms with E-state index in [-0.39, 0.29) is 10.6 Å². The van der Waals surface area contributed by atoms with Crippen LogP contribution in [-0.4, -0.2) is 11.3 Å². The van der Waals surface area contributed by atoms with Crippen LogP contribution in [0, 0.1) is 0 Å². The molecule has 5 heteroatoms. The summed E-state index contributed by atoms with van der Waals surface area (Å²) >= 11 is 5.64. The topological polar surface area (TPSA) is 20.2 Å². The summed E-state index contributed by atoms with van der Waals surface area (Å²) in [4.78, 5) is 0. The first-order chi connectivity index (χ1) is 6.84. The van der Waals surface area contributed by atoms with E-state index in [1.807, 2.05) is 0 Å². The average Bonchev–Trinajstić information content (AvgIpc) is 2.14. The van der Waals surface area contributed by atoms with E-state index < -0.39 is 12.3 Å². The molecule has 15 heavy (non-hydrogen) atoms. The van der Waals surface area contributed by atoms with Gasteiger partial charge in [0.1, 0.15) is 0 Å². The van der Waals surface area contributed by atoms with Crippen molar-refractivity contribution in [1.82, 2.24) is 0 Å². The zero-order chi connectivity index (χ0) is 11.6. The molecule has 0 saturated heterocycles. The van der Waals surface area contributed by atoms with Crippen molar-refractivity contribution < 1.29 is 18.3 Å². The second-order valence-electron chi connectivity index (χ2n) is 3.19. The zero-order valence-corrected chi connectivity index (χ0v) is 8.73. The first kappa shape index (κ1) is 12.3. The van der Waals surface area contributed by atoms with E-state index in [0.717, 1.165) is 6.07 Å². The van der Waals surface area contributed by atoms with Crippen molar-refractivity contribution in [2.24, 2.45) is 0 Å². The Hall–Kier alpha value is -0.740. The van der Waals surface area contributed by atoms with Gasteiger partial charge in [0.05, 0.1) is 0 Å². The number of hydrogen-bond donors (Lipinski definition) is 1. The highest BCUT2D eigenvalue weighted by atomic mass is 35.5. The molecule has 1 N–H and O–H groups in total. The Morgan fingerprint density at radius 1 is 1.33 bits per heavy atom. The molecule has 0 heterocycles. The van der Waals surface area contributed by atoms with Crippen LogP contribution in [-0.2, 0) is 6.42 Å². The van der Waals surface area contributed by atoms with Gasteiger partial charge in [0.2, 0.25) is 0 Å². The van der Waals surface area contributed by atoms with Crippen LogP contribution in [0.3, 0.4) is 0 Å². The molecule has 0 aliphatic heterocycles. The van der Waals surface area contributed by atoms with Crippen LogP contribution in [0.25, 0.3) is 0 Å². The Bertz CT molecular complexity index is 349. The Labute approximate surface area is 90.5 Å². The van der Waals surface area contributed by atoms with E-state index in [2.05, 4.69) is 0 Å². The molecular weight excluding hydrogens is 229 g/mol. The van der Waals surface area contributed by atoms with Crippen LogP contribution in [0.4, 0.5) is 13.2 Å². The monoisotopic (exact) mass is 238 g/mol. The third-order valence-electron chi connectivity index (χ3n) is 2.01. The molecule has 1 atom stereocenters. The highest BCUT2D eigenvalue weighted by Crippen LogP contribution is 2.33. The summed E-state index contributed by atoms with van der Waals surface area (Å²) in [5, 5.41) is 9.22. The van der Waals surface area contributed by atoms with Gasteiger partial charge in [-0.15, -0.1) is 0 Å². The van der Waals surface area contributed by atoms with E-state index in [0.29, 0.717) is 12.0 Å². The van der Waals surface area contributed by atoms with Gasteiger partial charge in [-0.05, 0) is 29.7 Å². The molecule has 0 aromatic heterocycles. The summed E-state index contributed by atoms with van der Waals surface area (Å²) in [6.45, 7) is 1.80. The zero-order valence-electron chi connectivity index (χ0n) is 7.98. The van der Waals surface area contributed by atoms with E-state index >= 15 is 0 Å². The van der Waals surface area contributed by atoms with Gasteiger partial charge in [0.15, 0.2) is 6.10 Å². The van der Waals surface area contributed by atoms with Gasteiger partial charge in [0.25, 0.3) is 0 Å². The molecule has 0 aliphatic rings. The normalized spacial score (nSPS) is 14.0. The van der Waals surface area contributed by atoms with Crippen LogP contribution in [0.2, 0.25) is 5.02 Å². The number of halogens is 4. The maximum atomic E-state index is 12.2. The molecule has 0 radical (unpaired) electrons. The number of alkyl halides is 3. The van der Waals surface area contributed by atoms with Crippen LogP contribution in [0.15, 0.2) is 18.2 Å². The van der Waals surface area contributed by atoms with Crippen LogP contribution in [0.1, 0.15) is 24.2 Å². The van der Waals surface area contributed by atoms with Crippen LogP contribution in [0.5, 0.6) is 0 Å². The summed E-state index contributed by atoms with van der Waals surface area (Å²) in [7, 11) is 0. The highest BCUT2D eigenvalue weighted by Gasteiger charge is 2.39. The summed E-state index contributed by atoms with van der Waals surface area (Å²) in [5.74, 6) is 0. The Morgan fingerprint density at radius 2 is 1.93 bits per heavy atom. The molecule has 1 aromatic carbocycles. The number of aliphatic hydroxyl groups excluding tert-OH is 1. The third kappa shape index (κ3) is 3.11. The van der Waals surface area contributed by atoms with E-state index in [1.54, 1.807) is 13.0 Å². The van der Waals surface area contributed by atoms with Gasteiger partial charge in [0, 0.05) is 5.02 Å². The summed E-state index contributed by atoms with van der Waals surface area (Å²) in [6.07, 6.45) is -6.56. The molecule has 1 rings (SSSR count). The first-order valence-electron chi connectivity index (χ1n) is 4.38. The second kappa shape index (κ2) is 4.41. The lowest BCUT2D eigenvalue weighted by Crippen LogP contribution is -2.20. The average molecular weight is 239 g/mol. The molecule has 0 amide bonds. The molecule has 84 valence electrons. The molecule has 0 fully saturated rings. The number of benzene rings is 1. The molecule has 0 bridgehead atoms. The third-order valence-corrected chi connectivity index (χ3v) is 2.23. The molecule has 1 nitrogen and oxygen atoms in total. The van der Waals surface area contributed by atoms with Gasteiger partial charge in [-0.25, -0.2) is 0 Å². The van der Waals surface area contributed by atoms with E-state index in [1.165, 1.54) is 6.07 Å². The fourth-order valence-corrected chi connectivity index (χ4v) is 1.49. The minimum atomic E-state index is -4.66. The lowest BCUT2D eigenvalue weighted by atomic mass is 10.0. The second-order valence-corrected chi connectivity index (χ2v) is 3.63. The molecule has 0 saturated carbocycles. The van der Waals surface area contributed by atoms with Gasteiger partial charge in [-0.3, -0.25) is 0 Å². The fraction of sp³-hybridized carbons (Fsp3) is 0.400. The lowest BCUT2D eigenvalue weighted by molar-refractivity contribution is -0.206. The Balaban J connectivity index is 3.09. The van der Waals surface area contributed by atoms with Crippen molar-refractivity contribution in [1.29, 1.82) is 0 Å². The number of hydrogen-bond acceptors (Lipinski definition) is 1. The van der Waals surface area contributed by atoms with E-state index in [4.69, 9.17) is 16.7 Å². The Kier molecular flexibility index (Phi) is 3.62. The van der Waals surface area contributed by atoms with Gasteiger partial charge < -0.3 is 5.11 Å². The van der Waals surface area contributed by atoms with Gasteiger partial charge >= 0.3 is 6.18 Å². The maximum Gasteiger partial charge on any atom is 0.418 e. The minimum Gasteiger partial charge on any atom is -0.379 e. The smallest absolute Gasteiger partial charge is 0.379 e. The van der Waals surface area contributed by atoms with Gasteiger partial charge in [-0.2, -0.15) is 13.2 Å². The van der Waals surface area contributed by atoms with Crippen LogP contribution < -0.4 is 0 Å². The van der Waals surface area contributed by atoms with E-state index in [9.17, 15) is 13.2 Å². The molecule has 1 aromatic rings. The van der Waals surface area contributed by atoms with Crippen molar-refractivity contribution >= 4 is 11.6 Å². The molecule has 1 unspecified atom stereocenters. The standard InChI is InChI=1S/C10H10ClF3O/c1-2-6-3-7(5-8(11)4-6)9(15)10(12,13)14/h3-5,9,15H,2H2,1H3. The predicted molar refractivity (Wildman–Crippen MR) is 51.8 cm³/mol. The molecular formula is C10H10ClF3O. The Morgan fingerprint density at radius 3 is 2.40 bits per heavy atom. The fourth-order valence-electron chi connectivity index (χ4n) is 1.23. The molecule has 0 aliphatic carbocycles. The predicted octanol–water partition coefficient (Wildman–Crippen LogP) is 3.50. The van der Waals surface area contributed by atoms with Crippen LogP contribution >= 0.6 is 11.6 Å². The van der Waals surface area contributed by atoms with Crippen molar-refractivity contribution in [2.45, 2.75) is 25.6 Å². The maximum absolute atomic E-state index is 12.2. The first-order valence-corrected chi connectivity index (χ1v) is 4.76. The summed E-state index contributed by atoms with van der Waals surface area (Å²) in [6, 6.07) is 4.01. The van der Waals surface area contributed by atoms with Crippen molar-refractivity contribution in [3.05, 3.63) is 34.3 Å². The van der Waals surface area contributed by atoms with Crippen molar-refractivity contribution in [2.75, 3.05) is 0 Å². The summed E-state index contributed by atoms with van der Waals surface area (Å²) < 4.78 is 36.6. The lowest BCUT2D eigenvalue weighted by Gasteiger charge is -2.15. The molecule has 0 spiro atoms. The number of aryl methyl sites for hydroxylation is 1. The number of rotatable bonds is 2. The summed E-state index contributed by atoms with van der Waals surface area (Å²) in [5.41, 5.74) is 0.452. The minimum absolute atomic E-state index is 0.202. The van der Waals surface area contributed by atoms with Gasteiger partial charge in [-0.1, -0.05) is 24.6 Å². The van der Waals surface area contributed by atoms with Crippen molar-refractivity contribution in [3.8, 4) is 0 Å². The quantitative estimate of drug-likeness (QED) is 0.836. The largest absolute Gasteiger partial charge is 0.418 e. The van der Waals surface area contributed by atoms with Crippen molar-refractivity contribution in [3.63, 3.8) is 0 Å².